The molecule has 2 aliphatic rings. The van der Waals surface area contributed by atoms with Crippen molar-refractivity contribution in [2.45, 2.75) is 44.6 Å². The van der Waals surface area contributed by atoms with E-state index in [9.17, 15) is 4.79 Å². The van der Waals surface area contributed by atoms with Gasteiger partial charge in [0, 0.05) is 37.4 Å². The molecule has 1 aromatic rings. The third kappa shape index (κ3) is 6.44. The van der Waals surface area contributed by atoms with Gasteiger partial charge in [-0.2, -0.15) is 0 Å². The van der Waals surface area contributed by atoms with Gasteiger partial charge >= 0.3 is 0 Å². The minimum atomic E-state index is -0.117. The van der Waals surface area contributed by atoms with Gasteiger partial charge in [-0.15, -0.1) is 0 Å². The first-order valence-corrected chi connectivity index (χ1v) is 10.9. The lowest BCUT2D eigenvalue weighted by Gasteiger charge is -2.48. The Morgan fingerprint density at radius 2 is 1.83 bits per heavy atom. The second kappa shape index (κ2) is 11.2. The summed E-state index contributed by atoms with van der Waals surface area (Å²) in [5.41, 5.74) is 0.948. The van der Waals surface area contributed by atoms with Crippen LogP contribution in [0.2, 0.25) is 0 Å². The van der Waals surface area contributed by atoms with Gasteiger partial charge in [0.05, 0.1) is 13.2 Å². The molecule has 160 valence electrons. The molecular formula is C22H35N5O2. The van der Waals surface area contributed by atoms with Gasteiger partial charge in [-0.05, 0) is 31.9 Å². The fraction of sp³-hybridized carbons (Fsp3) is 0.636. The van der Waals surface area contributed by atoms with E-state index in [0.29, 0.717) is 5.96 Å². The smallest absolute Gasteiger partial charge is 0.246 e. The lowest BCUT2D eigenvalue weighted by atomic mass is 9.80. The molecule has 0 bridgehead atoms. The predicted octanol–water partition coefficient (Wildman–Crippen LogP) is 2.22. The standard InChI is InChI=1S/C22H35N5O2/c1-2-23-21(24-17-20(28)26-19-9-5-3-6-10-19)25-18-22(11-7-4-8-12-22)27-13-15-29-16-14-27/h3,5-6,9-10H,2,4,7-8,11-18H2,1H3,(H,26,28)(H2,23,24,25). The van der Waals surface area contributed by atoms with Crippen LogP contribution in [-0.4, -0.2) is 68.2 Å². The summed E-state index contributed by atoms with van der Waals surface area (Å²) in [6, 6.07) is 9.48. The largest absolute Gasteiger partial charge is 0.379 e. The van der Waals surface area contributed by atoms with Crippen LogP contribution in [0.5, 0.6) is 0 Å². The molecule has 0 spiro atoms. The number of nitrogens with one attached hydrogen (secondary N) is 3. The molecule has 2 fully saturated rings. The number of guanidine groups is 1. The van der Waals surface area contributed by atoms with Crippen molar-refractivity contribution in [2.24, 2.45) is 4.99 Å². The second-order valence-corrected chi connectivity index (χ2v) is 7.85. The summed E-state index contributed by atoms with van der Waals surface area (Å²) in [6.07, 6.45) is 6.26. The number of nitrogens with zero attached hydrogens (tertiary/aromatic N) is 2. The Morgan fingerprint density at radius 1 is 1.10 bits per heavy atom. The normalized spacial score (nSPS) is 20.1. The first-order chi connectivity index (χ1) is 14.2. The Kier molecular flexibility index (Phi) is 8.31. The molecule has 7 heteroatoms. The number of amides is 1. The van der Waals surface area contributed by atoms with Crippen LogP contribution < -0.4 is 16.0 Å². The number of hydrogen-bond acceptors (Lipinski definition) is 4. The van der Waals surface area contributed by atoms with Crippen molar-refractivity contribution < 1.29 is 9.53 Å². The fourth-order valence-corrected chi connectivity index (χ4v) is 4.32. The third-order valence-electron chi connectivity index (χ3n) is 5.83. The van der Waals surface area contributed by atoms with E-state index in [2.05, 4.69) is 25.8 Å². The van der Waals surface area contributed by atoms with Gasteiger partial charge in [-0.3, -0.25) is 9.69 Å². The average molecular weight is 402 g/mol. The number of ether oxygens (including phenoxy) is 1. The number of morpholine rings is 1. The topological polar surface area (TPSA) is 78.0 Å². The van der Waals surface area contributed by atoms with Crippen LogP contribution in [0.15, 0.2) is 35.3 Å². The van der Waals surface area contributed by atoms with Crippen molar-refractivity contribution in [3.63, 3.8) is 0 Å². The maximum Gasteiger partial charge on any atom is 0.246 e. The van der Waals surface area contributed by atoms with Crippen LogP contribution in [0.25, 0.3) is 0 Å². The van der Waals surface area contributed by atoms with Crippen LogP contribution in [0.4, 0.5) is 5.69 Å². The highest BCUT2D eigenvalue weighted by Crippen LogP contribution is 2.33. The lowest BCUT2D eigenvalue weighted by molar-refractivity contribution is -0.114. The molecule has 3 N–H and O–H groups in total. The first kappa shape index (κ1) is 21.6. The summed E-state index contributed by atoms with van der Waals surface area (Å²) < 4.78 is 5.57. The van der Waals surface area contributed by atoms with E-state index in [0.717, 1.165) is 45.1 Å². The van der Waals surface area contributed by atoms with Gasteiger partial charge in [-0.1, -0.05) is 37.5 Å². The quantitative estimate of drug-likeness (QED) is 0.482. The van der Waals surface area contributed by atoms with Crippen LogP contribution in [0, 0.1) is 0 Å². The summed E-state index contributed by atoms with van der Waals surface area (Å²) in [6.45, 7) is 7.36. The summed E-state index contributed by atoms with van der Waals surface area (Å²) in [4.78, 5) is 19.4. The number of carbonyl (C=O) groups is 1. The van der Waals surface area contributed by atoms with Crippen LogP contribution >= 0.6 is 0 Å². The molecule has 0 radical (unpaired) electrons. The molecular weight excluding hydrogens is 366 g/mol. The number of para-hydroxylation sites is 1. The van der Waals surface area contributed by atoms with Crippen molar-refractivity contribution >= 4 is 17.6 Å². The van der Waals surface area contributed by atoms with Gasteiger partial charge in [0.25, 0.3) is 0 Å². The van der Waals surface area contributed by atoms with Crippen molar-refractivity contribution in [3.8, 4) is 0 Å². The predicted molar refractivity (Wildman–Crippen MR) is 117 cm³/mol. The monoisotopic (exact) mass is 401 g/mol. The molecule has 3 rings (SSSR count). The van der Waals surface area contributed by atoms with Crippen molar-refractivity contribution in [1.29, 1.82) is 0 Å². The molecule has 1 aliphatic heterocycles. The molecule has 0 aromatic heterocycles. The molecule has 1 aromatic carbocycles. The summed E-state index contributed by atoms with van der Waals surface area (Å²) in [5, 5.41) is 9.68. The summed E-state index contributed by atoms with van der Waals surface area (Å²) in [7, 11) is 0. The zero-order chi connectivity index (χ0) is 20.4. The molecule has 0 atom stereocenters. The minimum absolute atomic E-state index is 0.0920. The SMILES string of the molecule is CCNC(=NCC(=O)Nc1ccccc1)NCC1(N2CCOCC2)CCCCC1. The van der Waals surface area contributed by atoms with Crippen LogP contribution in [-0.2, 0) is 9.53 Å². The van der Waals surface area contributed by atoms with Crippen LogP contribution in [0.1, 0.15) is 39.0 Å². The Hall–Kier alpha value is -2.12. The molecule has 7 nitrogen and oxygen atoms in total. The highest BCUT2D eigenvalue weighted by molar-refractivity contribution is 5.94. The van der Waals surface area contributed by atoms with Crippen molar-refractivity contribution in [3.05, 3.63) is 30.3 Å². The molecule has 1 saturated carbocycles. The molecule has 29 heavy (non-hydrogen) atoms. The van der Waals surface area contributed by atoms with Gasteiger partial charge < -0.3 is 20.7 Å². The molecule has 0 unspecified atom stereocenters. The van der Waals surface area contributed by atoms with Crippen LogP contribution in [0.3, 0.4) is 0 Å². The highest BCUT2D eigenvalue weighted by atomic mass is 16.5. The van der Waals surface area contributed by atoms with E-state index in [1.807, 2.05) is 37.3 Å². The molecule has 1 amide bonds. The number of aliphatic imine (C=N–C) groups is 1. The van der Waals surface area contributed by atoms with Gasteiger partial charge in [-0.25, -0.2) is 4.99 Å². The van der Waals surface area contributed by atoms with Gasteiger partial charge in [0.1, 0.15) is 6.54 Å². The Bertz CT molecular complexity index is 652. The Balaban J connectivity index is 1.58. The second-order valence-electron chi connectivity index (χ2n) is 7.85. The third-order valence-corrected chi connectivity index (χ3v) is 5.83. The van der Waals surface area contributed by atoms with E-state index >= 15 is 0 Å². The maximum absolute atomic E-state index is 12.2. The van der Waals surface area contributed by atoms with Crippen molar-refractivity contribution in [2.75, 3.05) is 51.3 Å². The van der Waals surface area contributed by atoms with Gasteiger partial charge in [0.2, 0.25) is 5.91 Å². The molecule has 1 heterocycles. The Labute approximate surface area is 174 Å². The zero-order valence-corrected chi connectivity index (χ0v) is 17.6. The Morgan fingerprint density at radius 3 is 2.52 bits per heavy atom. The van der Waals surface area contributed by atoms with E-state index in [1.54, 1.807) is 0 Å². The average Bonchev–Trinajstić information content (AvgIpc) is 2.77. The zero-order valence-electron chi connectivity index (χ0n) is 17.6. The number of benzene rings is 1. The van der Waals surface area contributed by atoms with E-state index < -0.39 is 0 Å². The first-order valence-electron chi connectivity index (χ1n) is 10.9. The summed E-state index contributed by atoms with van der Waals surface area (Å²) >= 11 is 0. The van der Waals surface area contributed by atoms with Gasteiger partial charge in [0.15, 0.2) is 5.96 Å². The number of rotatable bonds is 7. The molecule has 1 aliphatic carbocycles. The maximum atomic E-state index is 12.2. The van der Waals surface area contributed by atoms with Crippen molar-refractivity contribution in [1.82, 2.24) is 15.5 Å². The number of carbonyl (C=O) groups excluding carboxylic acids is 1. The minimum Gasteiger partial charge on any atom is -0.379 e. The van der Waals surface area contributed by atoms with E-state index in [-0.39, 0.29) is 18.0 Å². The van der Waals surface area contributed by atoms with E-state index in [4.69, 9.17) is 4.74 Å². The lowest BCUT2D eigenvalue weighted by Crippen LogP contribution is -2.60. The summed E-state index contributed by atoms with van der Waals surface area (Å²) in [5.74, 6) is 0.586. The fourth-order valence-electron chi connectivity index (χ4n) is 4.32. The number of hydrogen-bond donors (Lipinski definition) is 3. The highest BCUT2D eigenvalue weighted by Gasteiger charge is 2.38. The molecule has 1 saturated heterocycles. The number of anilines is 1. The van der Waals surface area contributed by atoms with E-state index in [1.165, 1.54) is 32.1 Å².